The smallest absolute Gasteiger partial charge is 0.410 e. The van der Waals surface area contributed by atoms with Gasteiger partial charge in [-0.2, -0.15) is 8.78 Å². The molecule has 236 valence electrons. The second-order valence-electron chi connectivity index (χ2n) is 11.0. The van der Waals surface area contributed by atoms with Crippen molar-refractivity contribution in [2.75, 3.05) is 43.1 Å². The van der Waals surface area contributed by atoms with E-state index >= 15 is 8.78 Å². The van der Waals surface area contributed by atoms with Crippen molar-refractivity contribution in [2.45, 2.75) is 31.0 Å². The third kappa shape index (κ3) is 5.84. The highest BCUT2D eigenvalue weighted by atomic mass is 32.1. The van der Waals surface area contributed by atoms with Gasteiger partial charge in [0.25, 0.3) is 0 Å². The fourth-order valence-corrected chi connectivity index (χ4v) is 6.53. The number of halogens is 3. The molecule has 0 spiro atoms. The highest BCUT2D eigenvalue weighted by molar-refractivity contribution is 7.20. The Balaban J connectivity index is 1.05. The van der Waals surface area contributed by atoms with E-state index in [4.69, 9.17) is 9.47 Å². The largest absolute Gasteiger partial charge is 0.445 e. The van der Waals surface area contributed by atoms with Gasteiger partial charge in [0.2, 0.25) is 0 Å². The van der Waals surface area contributed by atoms with Crippen LogP contribution < -0.4 is 15.5 Å². The molecule has 0 aliphatic carbocycles. The van der Waals surface area contributed by atoms with Crippen LogP contribution in [0.4, 0.5) is 35.2 Å². The van der Waals surface area contributed by atoms with Gasteiger partial charge < -0.3 is 24.6 Å². The Morgan fingerprint density at radius 2 is 2.00 bits per heavy atom. The van der Waals surface area contributed by atoms with Crippen LogP contribution in [0.15, 0.2) is 54.9 Å². The predicted octanol–water partition coefficient (Wildman–Crippen LogP) is 4.76. The Hall–Kier alpha value is -4.71. The lowest BCUT2D eigenvalue weighted by Crippen LogP contribution is -2.42. The minimum absolute atomic E-state index is 0.0175. The number of thiophene rings is 1. The third-order valence-electron chi connectivity index (χ3n) is 8.00. The Bertz CT molecular complexity index is 1890. The molecular formula is C32H27F3N6O4S. The number of hydrogen-bond acceptors (Lipinski definition) is 9. The summed E-state index contributed by atoms with van der Waals surface area (Å²) < 4.78 is 56.1. The number of anilines is 3. The molecule has 4 aromatic rings. The zero-order valence-electron chi connectivity index (χ0n) is 24.3. The lowest BCUT2D eigenvalue weighted by atomic mass is 10.1. The number of morpholine rings is 1. The van der Waals surface area contributed by atoms with E-state index in [1.165, 1.54) is 48.0 Å². The molecule has 0 unspecified atom stereocenters. The maximum atomic E-state index is 15.2. The Kier molecular flexibility index (Phi) is 7.97. The molecule has 5 heterocycles. The number of ether oxygens (including phenoxy) is 2. The number of carbonyl (C=O) groups is 2. The van der Waals surface area contributed by atoms with E-state index in [-0.39, 0.29) is 36.0 Å². The predicted molar refractivity (Wildman–Crippen MR) is 165 cm³/mol. The van der Waals surface area contributed by atoms with E-state index in [2.05, 4.69) is 32.4 Å². The number of hydrogen-bond donors (Lipinski definition) is 2. The van der Waals surface area contributed by atoms with Crippen LogP contribution in [-0.4, -0.2) is 71.9 Å². The number of aromatic nitrogens is 2. The molecule has 2 saturated heterocycles. The highest BCUT2D eigenvalue weighted by Crippen LogP contribution is 2.46. The van der Waals surface area contributed by atoms with E-state index in [0.717, 1.165) is 9.78 Å². The van der Waals surface area contributed by atoms with E-state index in [0.29, 0.717) is 61.0 Å². The topological polar surface area (TPSA) is 109 Å². The standard InChI is InChI=1S/C32H27F3N6O4S/c33-25-4-2-1-3-19(25)17-41-27-8-6-21(14-24(27)32(34,35)30(41)42)39-29-28-26(37-18-38-29)15-23(46-28)7-5-20-13-22(16-36-20)45-31(43)40-9-11-44-12-10-40/h1-4,6,8,14-15,18,20,22,36H,9-13,16-17H2,(H,37,38,39)/t20-,22-/m0/s1. The number of nitrogens with zero attached hydrogens (tertiary/aromatic N) is 4. The maximum Gasteiger partial charge on any atom is 0.410 e. The molecule has 2 atom stereocenters. The zero-order valence-corrected chi connectivity index (χ0v) is 25.1. The van der Waals surface area contributed by atoms with Crippen LogP contribution in [0.1, 0.15) is 22.4 Å². The summed E-state index contributed by atoms with van der Waals surface area (Å²) in [7, 11) is 0. The summed E-state index contributed by atoms with van der Waals surface area (Å²) in [5.74, 6) is 0.977. The van der Waals surface area contributed by atoms with Crippen LogP contribution >= 0.6 is 11.3 Å². The van der Waals surface area contributed by atoms with Gasteiger partial charge >= 0.3 is 17.9 Å². The average molecular weight is 649 g/mol. The number of benzene rings is 2. The van der Waals surface area contributed by atoms with Gasteiger partial charge in [-0.05, 0) is 30.3 Å². The van der Waals surface area contributed by atoms with Crippen molar-refractivity contribution in [2.24, 2.45) is 0 Å². The number of amides is 2. The molecule has 0 radical (unpaired) electrons. The van der Waals surface area contributed by atoms with Crippen molar-refractivity contribution < 1.29 is 32.2 Å². The minimum Gasteiger partial charge on any atom is -0.445 e. The minimum atomic E-state index is -3.78. The molecule has 0 bridgehead atoms. The lowest BCUT2D eigenvalue weighted by molar-refractivity contribution is -0.141. The molecule has 7 rings (SSSR count). The Morgan fingerprint density at radius 3 is 2.83 bits per heavy atom. The van der Waals surface area contributed by atoms with Crippen molar-refractivity contribution in [3.8, 4) is 11.8 Å². The first-order valence-corrected chi connectivity index (χ1v) is 15.5. The summed E-state index contributed by atoms with van der Waals surface area (Å²) in [6.07, 6.45) is 1.30. The van der Waals surface area contributed by atoms with Crippen molar-refractivity contribution in [3.63, 3.8) is 0 Å². The molecule has 3 aliphatic heterocycles. The average Bonchev–Trinajstić information content (AvgIpc) is 3.74. The Labute approximate surface area is 265 Å². The number of rotatable bonds is 5. The van der Waals surface area contributed by atoms with Crippen LogP contribution in [0.25, 0.3) is 10.2 Å². The molecule has 2 fully saturated rings. The van der Waals surface area contributed by atoms with Gasteiger partial charge in [0.15, 0.2) is 5.82 Å². The van der Waals surface area contributed by atoms with Gasteiger partial charge in [0.05, 0.1) is 52.1 Å². The van der Waals surface area contributed by atoms with Crippen molar-refractivity contribution in [1.82, 2.24) is 20.2 Å². The van der Waals surface area contributed by atoms with Crippen LogP contribution in [-0.2, 0) is 26.7 Å². The summed E-state index contributed by atoms with van der Waals surface area (Å²) in [5, 5.41) is 6.36. The van der Waals surface area contributed by atoms with Gasteiger partial charge in [-0.3, -0.25) is 10.1 Å². The normalized spacial score (nSPS) is 20.4. The van der Waals surface area contributed by atoms with Crippen LogP contribution in [0.3, 0.4) is 0 Å². The van der Waals surface area contributed by atoms with Gasteiger partial charge in [-0.25, -0.2) is 19.2 Å². The zero-order chi connectivity index (χ0) is 31.8. The molecule has 2 aromatic carbocycles. The van der Waals surface area contributed by atoms with Crippen LogP contribution in [0, 0.1) is 17.7 Å². The maximum absolute atomic E-state index is 15.2. The summed E-state index contributed by atoms with van der Waals surface area (Å²) in [5.41, 5.74) is 0.607. The third-order valence-corrected chi connectivity index (χ3v) is 9.04. The highest BCUT2D eigenvalue weighted by Gasteiger charge is 2.53. The molecule has 0 saturated carbocycles. The monoisotopic (exact) mass is 648 g/mol. The van der Waals surface area contributed by atoms with Crippen LogP contribution in [0.5, 0.6) is 0 Å². The van der Waals surface area contributed by atoms with E-state index in [9.17, 15) is 14.0 Å². The first-order valence-electron chi connectivity index (χ1n) is 14.6. The summed E-state index contributed by atoms with van der Waals surface area (Å²) in [6.45, 7) is 2.23. The number of carbonyl (C=O) groups excluding carboxylic acids is 2. The number of fused-ring (bicyclic) bond motifs is 2. The molecule has 10 nitrogen and oxygen atoms in total. The first kappa shape index (κ1) is 30.0. The fraction of sp³-hybridized carbons (Fsp3) is 0.312. The van der Waals surface area contributed by atoms with Gasteiger partial charge in [-0.15, -0.1) is 11.3 Å². The summed E-state index contributed by atoms with van der Waals surface area (Å²) >= 11 is 1.35. The van der Waals surface area contributed by atoms with Gasteiger partial charge in [-0.1, -0.05) is 30.0 Å². The fourth-order valence-electron chi connectivity index (χ4n) is 5.61. The van der Waals surface area contributed by atoms with Crippen LogP contribution in [0.2, 0.25) is 0 Å². The quantitative estimate of drug-likeness (QED) is 0.299. The molecule has 3 aliphatic rings. The number of nitrogens with one attached hydrogen (secondary N) is 2. The molecule has 46 heavy (non-hydrogen) atoms. The summed E-state index contributed by atoms with van der Waals surface area (Å²) in [6, 6.07) is 11.6. The first-order chi connectivity index (χ1) is 22.3. The van der Waals surface area contributed by atoms with Gasteiger partial charge in [0, 0.05) is 37.3 Å². The molecular weight excluding hydrogens is 621 g/mol. The Morgan fingerprint density at radius 1 is 1.17 bits per heavy atom. The van der Waals surface area contributed by atoms with E-state index in [1.807, 2.05) is 6.07 Å². The number of alkyl halides is 2. The second kappa shape index (κ2) is 12.2. The van der Waals surface area contributed by atoms with Crippen molar-refractivity contribution >= 4 is 50.7 Å². The van der Waals surface area contributed by atoms with Crippen molar-refractivity contribution in [3.05, 3.63) is 76.7 Å². The molecule has 2 aromatic heterocycles. The summed E-state index contributed by atoms with van der Waals surface area (Å²) in [4.78, 5) is 37.0. The second-order valence-corrected chi connectivity index (χ2v) is 12.1. The molecule has 2 amide bonds. The molecule has 2 N–H and O–H groups in total. The SMILES string of the molecule is O=C(O[C@@H]1CN[C@@H](C#Cc2cc3ncnc(Nc4ccc5c(c4)C(F)(F)C(=O)N5Cc4ccccc4F)c3s2)C1)N1CCOCC1. The van der Waals surface area contributed by atoms with Gasteiger partial charge in [0.1, 0.15) is 18.2 Å². The lowest BCUT2D eigenvalue weighted by Gasteiger charge is -2.27. The van der Waals surface area contributed by atoms with Crippen molar-refractivity contribution in [1.29, 1.82) is 0 Å². The van der Waals surface area contributed by atoms with E-state index < -0.39 is 23.2 Å². The molecule has 14 heteroatoms. The van der Waals surface area contributed by atoms with E-state index in [1.54, 1.807) is 17.0 Å².